The van der Waals surface area contributed by atoms with Crippen molar-refractivity contribution in [1.29, 1.82) is 0 Å². The molecule has 2 saturated heterocycles. The summed E-state index contributed by atoms with van der Waals surface area (Å²) in [5, 5.41) is 0. The van der Waals surface area contributed by atoms with Crippen LogP contribution in [0.3, 0.4) is 0 Å². The van der Waals surface area contributed by atoms with Crippen LogP contribution in [0, 0.1) is 5.92 Å². The fourth-order valence-electron chi connectivity index (χ4n) is 3.59. The van der Waals surface area contributed by atoms with Gasteiger partial charge in [-0.05, 0) is 36.8 Å². The Balaban J connectivity index is 1.43. The van der Waals surface area contributed by atoms with Gasteiger partial charge >= 0.3 is 6.09 Å². The molecule has 0 radical (unpaired) electrons. The molecular formula is C19H26N2O4. The van der Waals surface area contributed by atoms with E-state index in [4.69, 9.17) is 9.47 Å². The molecule has 2 aliphatic heterocycles. The number of carbonyl (C=O) groups is 2. The lowest BCUT2D eigenvalue weighted by Gasteiger charge is -2.32. The quantitative estimate of drug-likeness (QED) is 0.793. The van der Waals surface area contributed by atoms with Crippen molar-refractivity contribution in [2.45, 2.75) is 25.7 Å². The molecule has 2 amide bonds. The minimum absolute atomic E-state index is 0.135. The average molecular weight is 346 g/mol. The molecule has 25 heavy (non-hydrogen) atoms. The predicted molar refractivity (Wildman–Crippen MR) is 93.5 cm³/mol. The van der Waals surface area contributed by atoms with Crippen molar-refractivity contribution in [2.24, 2.45) is 5.92 Å². The summed E-state index contributed by atoms with van der Waals surface area (Å²) in [6, 6.07) is 8.14. The van der Waals surface area contributed by atoms with Crippen LogP contribution < -0.4 is 4.74 Å². The van der Waals surface area contributed by atoms with E-state index in [1.807, 2.05) is 23.1 Å². The minimum Gasteiger partial charge on any atom is -0.496 e. The molecule has 1 aromatic rings. The van der Waals surface area contributed by atoms with Crippen molar-refractivity contribution < 1.29 is 19.1 Å². The molecule has 1 aromatic carbocycles. The maximum absolute atomic E-state index is 12.4. The van der Waals surface area contributed by atoms with Gasteiger partial charge in [-0.15, -0.1) is 0 Å². The summed E-state index contributed by atoms with van der Waals surface area (Å²) in [6.45, 7) is 3.07. The smallest absolute Gasteiger partial charge is 0.409 e. The van der Waals surface area contributed by atoms with Crippen LogP contribution in [0.25, 0.3) is 0 Å². The number of para-hydroxylation sites is 1. The topological polar surface area (TPSA) is 59.1 Å². The first-order valence-electron chi connectivity index (χ1n) is 8.98. The first-order valence-corrected chi connectivity index (χ1v) is 8.98. The van der Waals surface area contributed by atoms with Gasteiger partial charge in [0.1, 0.15) is 12.4 Å². The molecule has 0 unspecified atom stereocenters. The zero-order valence-corrected chi connectivity index (χ0v) is 14.8. The van der Waals surface area contributed by atoms with Gasteiger partial charge in [0.15, 0.2) is 0 Å². The van der Waals surface area contributed by atoms with Gasteiger partial charge in [0.05, 0.1) is 13.7 Å². The third kappa shape index (κ3) is 4.44. The molecule has 0 N–H and O–H groups in total. The highest BCUT2D eigenvalue weighted by molar-refractivity contribution is 5.77. The zero-order valence-electron chi connectivity index (χ0n) is 14.8. The lowest BCUT2D eigenvalue weighted by atomic mass is 9.89. The Kier molecular flexibility index (Phi) is 5.79. The molecular weight excluding hydrogens is 320 g/mol. The maximum Gasteiger partial charge on any atom is 0.409 e. The Hall–Kier alpha value is -2.24. The first kappa shape index (κ1) is 17.6. The highest BCUT2D eigenvalue weighted by Crippen LogP contribution is 2.26. The van der Waals surface area contributed by atoms with Crippen LogP contribution in [0.4, 0.5) is 4.79 Å². The number of hydrogen-bond donors (Lipinski definition) is 0. The van der Waals surface area contributed by atoms with Crippen LogP contribution >= 0.6 is 0 Å². The maximum atomic E-state index is 12.4. The van der Waals surface area contributed by atoms with E-state index in [1.54, 1.807) is 12.0 Å². The van der Waals surface area contributed by atoms with Crippen LogP contribution in [0.2, 0.25) is 0 Å². The lowest BCUT2D eigenvalue weighted by Crippen LogP contribution is -2.40. The molecule has 3 rings (SSSR count). The third-order valence-corrected chi connectivity index (χ3v) is 5.11. The van der Waals surface area contributed by atoms with E-state index < -0.39 is 0 Å². The van der Waals surface area contributed by atoms with E-state index in [0.29, 0.717) is 32.0 Å². The van der Waals surface area contributed by atoms with Gasteiger partial charge in [-0.25, -0.2) is 4.79 Å². The Labute approximate surface area is 148 Å². The molecule has 0 saturated carbocycles. The molecule has 0 spiro atoms. The highest BCUT2D eigenvalue weighted by Gasteiger charge is 2.26. The standard InChI is InChI=1S/C19H26N2O4/c1-24-17-5-3-2-4-16(17)14-15-6-9-20(10-7-15)18(22)8-11-21-12-13-25-19(21)23/h2-5,15H,6-14H2,1H3. The number of carbonyl (C=O) groups excluding carboxylic acids is 2. The van der Waals surface area contributed by atoms with Crippen molar-refractivity contribution in [2.75, 3.05) is 39.9 Å². The minimum atomic E-state index is -0.302. The van der Waals surface area contributed by atoms with Gasteiger partial charge in [0.2, 0.25) is 5.91 Å². The van der Waals surface area contributed by atoms with Gasteiger partial charge in [0.25, 0.3) is 0 Å². The van der Waals surface area contributed by atoms with Crippen LogP contribution in [-0.4, -0.2) is 61.7 Å². The molecule has 0 aromatic heterocycles. The van der Waals surface area contributed by atoms with Gasteiger partial charge in [0, 0.05) is 26.1 Å². The van der Waals surface area contributed by atoms with Gasteiger partial charge in [-0.3, -0.25) is 4.79 Å². The Morgan fingerprint density at radius 1 is 1.24 bits per heavy atom. The summed E-state index contributed by atoms with van der Waals surface area (Å²) in [4.78, 5) is 27.3. The predicted octanol–water partition coefficient (Wildman–Crippen LogP) is 2.32. The Morgan fingerprint density at radius 3 is 2.68 bits per heavy atom. The fourth-order valence-corrected chi connectivity index (χ4v) is 3.59. The number of cyclic esters (lactones) is 1. The highest BCUT2D eigenvalue weighted by atomic mass is 16.6. The van der Waals surface area contributed by atoms with Crippen LogP contribution in [0.5, 0.6) is 5.75 Å². The number of piperidine rings is 1. The second-order valence-corrected chi connectivity index (χ2v) is 6.69. The van der Waals surface area contributed by atoms with E-state index in [9.17, 15) is 9.59 Å². The van der Waals surface area contributed by atoms with E-state index in [0.717, 1.165) is 38.1 Å². The summed E-state index contributed by atoms with van der Waals surface area (Å²) in [5.41, 5.74) is 1.24. The van der Waals surface area contributed by atoms with Crippen molar-refractivity contribution >= 4 is 12.0 Å². The Bertz CT molecular complexity index is 611. The molecule has 136 valence electrons. The van der Waals surface area contributed by atoms with E-state index in [1.165, 1.54) is 5.56 Å². The van der Waals surface area contributed by atoms with Crippen molar-refractivity contribution in [3.05, 3.63) is 29.8 Å². The second kappa shape index (κ2) is 8.23. The molecule has 6 heteroatoms. The number of rotatable bonds is 6. The molecule has 0 atom stereocenters. The lowest BCUT2D eigenvalue weighted by molar-refractivity contribution is -0.132. The number of likely N-dealkylation sites (tertiary alicyclic amines) is 1. The molecule has 2 aliphatic rings. The van der Waals surface area contributed by atoms with Gasteiger partial charge in [-0.2, -0.15) is 0 Å². The SMILES string of the molecule is COc1ccccc1CC1CCN(C(=O)CCN2CCOC2=O)CC1. The summed E-state index contributed by atoms with van der Waals surface area (Å²) in [6.07, 6.45) is 3.09. The van der Waals surface area contributed by atoms with Crippen LogP contribution in [0.1, 0.15) is 24.8 Å². The summed E-state index contributed by atoms with van der Waals surface area (Å²) in [7, 11) is 1.70. The molecule has 2 fully saturated rings. The first-order chi connectivity index (χ1) is 12.2. The normalized spacial score (nSPS) is 18.4. The summed E-state index contributed by atoms with van der Waals surface area (Å²) < 4.78 is 10.3. The number of amides is 2. The number of nitrogens with zero attached hydrogens (tertiary/aromatic N) is 2. The average Bonchev–Trinajstić information content (AvgIpc) is 3.06. The van der Waals surface area contributed by atoms with Crippen molar-refractivity contribution in [1.82, 2.24) is 9.80 Å². The van der Waals surface area contributed by atoms with Gasteiger partial charge in [-0.1, -0.05) is 18.2 Å². The molecule has 0 bridgehead atoms. The largest absolute Gasteiger partial charge is 0.496 e. The molecule has 6 nitrogen and oxygen atoms in total. The Morgan fingerprint density at radius 2 is 2.00 bits per heavy atom. The summed E-state index contributed by atoms with van der Waals surface area (Å²) in [5.74, 6) is 1.66. The van der Waals surface area contributed by atoms with Crippen LogP contribution in [0.15, 0.2) is 24.3 Å². The number of ether oxygens (including phenoxy) is 2. The zero-order chi connectivity index (χ0) is 17.6. The van der Waals surface area contributed by atoms with Crippen molar-refractivity contribution in [3.8, 4) is 5.75 Å². The molecule has 0 aliphatic carbocycles. The van der Waals surface area contributed by atoms with E-state index in [2.05, 4.69) is 6.07 Å². The summed E-state index contributed by atoms with van der Waals surface area (Å²) >= 11 is 0. The second-order valence-electron chi connectivity index (χ2n) is 6.69. The van der Waals surface area contributed by atoms with Gasteiger partial charge < -0.3 is 19.3 Å². The number of hydrogen-bond acceptors (Lipinski definition) is 4. The van der Waals surface area contributed by atoms with E-state index in [-0.39, 0.29) is 12.0 Å². The van der Waals surface area contributed by atoms with Crippen molar-refractivity contribution in [3.63, 3.8) is 0 Å². The monoisotopic (exact) mass is 346 g/mol. The number of methoxy groups -OCH3 is 1. The van der Waals surface area contributed by atoms with E-state index >= 15 is 0 Å². The third-order valence-electron chi connectivity index (χ3n) is 5.11. The fraction of sp³-hybridized carbons (Fsp3) is 0.579. The van der Waals surface area contributed by atoms with Crippen LogP contribution in [-0.2, 0) is 16.0 Å². The molecule has 2 heterocycles. The number of benzene rings is 1.